The molecule has 2 atom stereocenters. The number of urea groups is 1. The van der Waals surface area contributed by atoms with Crippen molar-refractivity contribution < 1.29 is 27.2 Å². The predicted octanol–water partition coefficient (Wildman–Crippen LogP) is 4.40. The number of carbonyl (C=O) groups excluding carboxylic acids is 2. The highest BCUT2D eigenvalue weighted by molar-refractivity contribution is 6.34. The van der Waals surface area contributed by atoms with Crippen LogP contribution in [0.5, 0.6) is 0 Å². The minimum Gasteiger partial charge on any atom is -0.441 e. The summed E-state index contributed by atoms with van der Waals surface area (Å²) in [5, 5.41) is 4.48. The average molecular weight is 536 g/mol. The first-order valence-corrected chi connectivity index (χ1v) is 11.7. The molecule has 2 N–H and O–H groups in total. The van der Waals surface area contributed by atoms with E-state index in [1.165, 1.54) is 17.2 Å². The second kappa shape index (κ2) is 9.21. The van der Waals surface area contributed by atoms with Gasteiger partial charge in [-0.05, 0) is 31.5 Å². The van der Waals surface area contributed by atoms with Crippen molar-refractivity contribution in [2.75, 3.05) is 28.2 Å². The maximum absolute atomic E-state index is 13.4. The van der Waals surface area contributed by atoms with E-state index >= 15 is 0 Å². The Balaban J connectivity index is 1.44. The van der Waals surface area contributed by atoms with E-state index in [0.717, 1.165) is 6.92 Å². The molecule has 5 heterocycles. The van der Waals surface area contributed by atoms with Crippen molar-refractivity contribution in [3.8, 4) is 11.3 Å². The van der Waals surface area contributed by atoms with Gasteiger partial charge in [0, 0.05) is 31.8 Å². The second-order valence-corrected chi connectivity index (χ2v) is 9.17. The van der Waals surface area contributed by atoms with Crippen LogP contribution in [0.1, 0.15) is 29.7 Å². The zero-order chi connectivity index (χ0) is 26.5. The van der Waals surface area contributed by atoms with Crippen LogP contribution >= 0.6 is 11.6 Å². The van der Waals surface area contributed by atoms with Crippen LogP contribution in [-0.4, -0.2) is 58.2 Å². The van der Waals surface area contributed by atoms with Crippen molar-refractivity contribution in [3.05, 3.63) is 47.2 Å². The fourth-order valence-electron chi connectivity index (χ4n) is 4.31. The Morgan fingerprint density at radius 2 is 2.05 bits per heavy atom. The highest BCUT2D eigenvalue weighted by atomic mass is 35.5. The van der Waals surface area contributed by atoms with E-state index in [9.17, 15) is 22.8 Å². The number of nitrogens with one attached hydrogen (secondary N) is 2. The number of pyridine rings is 2. The molecule has 3 amide bonds. The Morgan fingerprint density at radius 3 is 2.76 bits per heavy atom. The van der Waals surface area contributed by atoms with E-state index < -0.39 is 29.9 Å². The zero-order valence-corrected chi connectivity index (χ0v) is 20.4. The van der Waals surface area contributed by atoms with Crippen LogP contribution < -0.4 is 20.4 Å². The molecule has 14 heteroatoms. The zero-order valence-electron chi connectivity index (χ0n) is 19.6. The standard InChI is InChI=1S/C23H21ClF3N7O3/c1-11(23(25,26)27)30-21(35)19-15(24)8-16-20(32-19)34(14-4-6-33(16)10-14)22(36)31-18-7-13(3-5-28-18)17-9-29-12(2)37-17/h3,5,7-9,11,14H,4,6,10H2,1-2H3,(H,30,35)(H,28,31,36)/t11-,14+/m1/s1. The first-order chi connectivity index (χ1) is 17.5. The largest absolute Gasteiger partial charge is 0.441 e. The fraction of sp³-hybridized carbons (Fsp3) is 0.348. The summed E-state index contributed by atoms with van der Waals surface area (Å²) in [7, 11) is 0. The molecule has 2 aliphatic rings. The molecule has 5 rings (SSSR count). The van der Waals surface area contributed by atoms with Gasteiger partial charge in [-0.15, -0.1) is 0 Å². The Morgan fingerprint density at radius 1 is 1.27 bits per heavy atom. The molecule has 2 aliphatic heterocycles. The molecule has 1 saturated heterocycles. The number of rotatable bonds is 4. The third-order valence-electron chi connectivity index (χ3n) is 6.21. The average Bonchev–Trinajstić information content (AvgIpc) is 3.46. The minimum absolute atomic E-state index is 0.118. The number of fused-ring (bicyclic) bond motifs is 4. The van der Waals surface area contributed by atoms with Crippen molar-refractivity contribution in [1.82, 2.24) is 20.3 Å². The maximum Gasteiger partial charge on any atom is 0.408 e. The molecule has 194 valence electrons. The van der Waals surface area contributed by atoms with Gasteiger partial charge < -0.3 is 14.6 Å². The maximum atomic E-state index is 13.4. The van der Waals surface area contributed by atoms with E-state index in [4.69, 9.17) is 16.0 Å². The van der Waals surface area contributed by atoms with Crippen LogP contribution in [0.25, 0.3) is 11.3 Å². The van der Waals surface area contributed by atoms with Gasteiger partial charge in [-0.3, -0.25) is 15.0 Å². The minimum atomic E-state index is -4.64. The predicted molar refractivity (Wildman–Crippen MR) is 129 cm³/mol. The molecule has 0 saturated carbocycles. The lowest BCUT2D eigenvalue weighted by molar-refractivity contribution is -0.149. The number of aromatic nitrogens is 3. The van der Waals surface area contributed by atoms with E-state index in [0.29, 0.717) is 42.4 Å². The van der Waals surface area contributed by atoms with Crippen LogP contribution in [0.4, 0.5) is 35.3 Å². The van der Waals surface area contributed by atoms with Gasteiger partial charge in [0.25, 0.3) is 5.91 Å². The second-order valence-electron chi connectivity index (χ2n) is 8.76. The number of oxazole rings is 1. The molecule has 0 radical (unpaired) electrons. The number of hydrogen-bond donors (Lipinski definition) is 2. The number of alkyl halides is 3. The van der Waals surface area contributed by atoms with E-state index in [2.05, 4.69) is 20.3 Å². The first-order valence-electron chi connectivity index (χ1n) is 11.3. The van der Waals surface area contributed by atoms with Crippen LogP contribution in [-0.2, 0) is 0 Å². The number of carbonyl (C=O) groups is 2. The molecule has 2 bridgehead atoms. The quantitative estimate of drug-likeness (QED) is 0.508. The Kier molecular flexibility index (Phi) is 6.18. The van der Waals surface area contributed by atoms with Crippen LogP contribution in [0.2, 0.25) is 5.02 Å². The van der Waals surface area contributed by atoms with Crippen LogP contribution in [0.15, 0.2) is 35.0 Å². The lowest BCUT2D eigenvalue weighted by Gasteiger charge is -2.36. The third-order valence-corrected chi connectivity index (χ3v) is 6.50. The number of nitrogens with zero attached hydrogens (tertiary/aromatic N) is 5. The molecule has 37 heavy (non-hydrogen) atoms. The molecule has 0 aromatic carbocycles. The molecule has 0 spiro atoms. The van der Waals surface area contributed by atoms with Crippen molar-refractivity contribution in [1.29, 1.82) is 0 Å². The van der Waals surface area contributed by atoms with Crippen molar-refractivity contribution in [3.63, 3.8) is 0 Å². The van der Waals surface area contributed by atoms with Gasteiger partial charge >= 0.3 is 12.2 Å². The van der Waals surface area contributed by atoms with Crippen molar-refractivity contribution in [2.24, 2.45) is 0 Å². The van der Waals surface area contributed by atoms with Gasteiger partial charge in [-0.25, -0.2) is 19.7 Å². The summed E-state index contributed by atoms with van der Waals surface area (Å²) >= 11 is 6.25. The molecule has 10 nitrogen and oxygen atoms in total. The highest BCUT2D eigenvalue weighted by Gasteiger charge is 2.42. The topological polar surface area (TPSA) is 116 Å². The molecular formula is C23H21ClF3N7O3. The monoisotopic (exact) mass is 535 g/mol. The number of anilines is 3. The molecular weight excluding hydrogens is 515 g/mol. The summed E-state index contributed by atoms with van der Waals surface area (Å²) in [6, 6.07) is 1.83. The van der Waals surface area contributed by atoms with Gasteiger partial charge in [-0.2, -0.15) is 13.2 Å². The SMILES string of the molecule is Cc1ncc(-c2ccnc(NC(=O)N3c4nc(C(=O)N[C@H](C)C(F)(F)F)c(Cl)cc4N4CC[C@H]3C4)c2)o1. The molecule has 0 unspecified atom stereocenters. The molecule has 3 aromatic heterocycles. The number of hydrogen-bond acceptors (Lipinski definition) is 7. The van der Waals surface area contributed by atoms with Gasteiger partial charge in [-0.1, -0.05) is 11.6 Å². The molecule has 1 fully saturated rings. The Bertz CT molecular complexity index is 1380. The summed E-state index contributed by atoms with van der Waals surface area (Å²) in [6.07, 6.45) is -0.950. The number of amides is 3. The number of aryl methyl sites for hydroxylation is 1. The molecule has 3 aromatic rings. The van der Waals surface area contributed by atoms with E-state index in [1.807, 2.05) is 10.2 Å². The Hall–Kier alpha value is -3.87. The van der Waals surface area contributed by atoms with Crippen molar-refractivity contribution in [2.45, 2.75) is 38.5 Å². The van der Waals surface area contributed by atoms with Gasteiger partial charge in [0.2, 0.25) is 0 Å². The summed E-state index contributed by atoms with van der Waals surface area (Å²) in [6.45, 7) is 3.66. The van der Waals surface area contributed by atoms with E-state index in [1.54, 1.807) is 25.3 Å². The van der Waals surface area contributed by atoms with E-state index in [-0.39, 0.29) is 22.7 Å². The summed E-state index contributed by atoms with van der Waals surface area (Å²) in [4.78, 5) is 42.0. The lowest BCUT2D eigenvalue weighted by Crippen LogP contribution is -2.49. The number of halogens is 4. The highest BCUT2D eigenvalue weighted by Crippen LogP contribution is 2.41. The van der Waals surface area contributed by atoms with Gasteiger partial charge in [0.05, 0.1) is 22.9 Å². The molecule has 0 aliphatic carbocycles. The Labute approximate surface area is 213 Å². The summed E-state index contributed by atoms with van der Waals surface area (Å²) < 4.78 is 44.4. The van der Waals surface area contributed by atoms with Crippen molar-refractivity contribution >= 4 is 40.9 Å². The van der Waals surface area contributed by atoms with Crippen LogP contribution in [0.3, 0.4) is 0 Å². The smallest absolute Gasteiger partial charge is 0.408 e. The normalized spacial score (nSPS) is 17.4. The van der Waals surface area contributed by atoms with Gasteiger partial charge in [0.1, 0.15) is 17.6 Å². The van der Waals surface area contributed by atoms with Gasteiger partial charge in [0.15, 0.2) is 17.5 Å². The fourth-order valence-corrected chi connectivity index (χ4v) is 4.54. The summed E-state index contributed by atoms with van der Waals surface area (Å²) in [5.74, 6) is 0.266. The third kappa shape index (κ3) is 4.78. The van der Waals surface area contributed by atoms with Crippen LogP contribution in [0, 0.1) is 6.92 Å². The summed E-state index contributed by atoms with van der Waals surface area (Å²) in [5.41, 5.74) is 0.755. The first kappa shape index (κ1) is 24.8. The lowest BCUT2D eigenvalue weighted by atomic mass is 10.1.